The number of hydrogen-bond donors (Lipinski definition) is 2. The maximum Gasteiger partial charge on any atom is 0.472 e. The summed E-state index contributed by atoms with van der Waals surface area (Å²) in [4.78, 5) is 37.9. The van der Waals surface area contributed by atoms with Crippen molar-refractivity contribution in [1.29, 1.82) is 0 Å². The molecule has 2 N–H and O–H groups in total. The Morgan fingerprint density at radius 2 is 0.726 bits per heavy atom. The van der Waals surface area contributed by atoms with Gasteiger partial charge >= 0.3 is 13.8 Å². The van der Waals surface area contributed by atoms with Crippen LogP contribution in [0.5, 0.6) is 0 Å². The van der Waals surface area contributed by atoms with Crippen molar-refractivity contribution >= 4 is 19.7 Å². The van der Waals surface area contributed by atoms with Gasteiger partial charge in [-0.2, -0.15) is 0 Å². The van der Waals surface area contributed by atoms with E-state index in [1.807, 2.05) is 33.3 Å². The highest BCUT2D eigenvalue weighted by molar-refractivity contribution is 7.47. The topological polar surface area (TPSA) is 111 Å². The smallest absolute Gasteiger partial charge is 0.456 e. The number of quaternary nitrogens is 1. The van der Waals surface area contributed by atoms with Crippen LogP contribution >= 0.6 is 7.82 Å². The number of nitrogens with zero attached hydrogens (tertiary/aromatic N) is 1. The predicted molar refractivity (Wildman–Crippen MR) is 365 cm³/mol. The van der Waals surface area contributed by atoms with E-state index < -0.39 is 20.0 Å². The summed E-state index contributed by atoms with van der Waals surface area (Å²) in [7, 11) is 1.50. The van der Waals surface area contributed by atoms with E-state index in [1.54, 1.807) is 0 Å². The monoisotopic (exact) mass is 1200 g/mol. The molecular formula is C74H140N2O7P+. The third-order valence-corrected chi connectivity index (χ3v) is 17.2. The Kier molecular flexibility index (Phi) is 62.0. The molecule has 0 fully saturated rings. The van der Waals surface area contributed by atoms with Crippen LogP contribution in [0.15, 0.2) is 60.8 Å². The van der Waals surface area contributed by atoms with Crippen molar-refractivity contribution in [1.82, 2.24) is 5.32 Å². The number of phosphoric acid groups is 1. The van der Waals surface area contributed by atoms with Crippen LogP contribution < -0.4 is 5.32 Å². The Labute approximate surface area is 521 Å². The Bertz CT molecular complexity index is 1620. The van der Waals surface area contributed by atoms with Gasteiger partial charge in [0, 0.05) is 12.8 Å². The van der Waals surface area contributed by atoms with Crippen molar-refractivity contribution in [3.63, 3.8) is 0 Å². The molecule has 0 radical (unpaired) electrons. The summed E-state index contributed by atoms with van der Waals surface area (Å²) in [5.41, 5.74) is 0. The minimum absolute atomic E-state index is 0.0394. The van der Waals surface area contributed by atoms with E-state index in [-0.39, 0.29) is 25.1 Å². The number of likely N-dealkylation sites (N-methyl/N-ethyl adjacent to an activating group) is 1. The van der Waals surface area contributed by atoms with Crippen molar-refractivity contribution in [3.05, 3.63) is 60.8 Å². The summed E-state index contributed by atoms with van der Waals surface area (Å²) in [5, 5.41) is 3.07. The third-order valence-electron chi connectivity index (χ3n) is 16.2. The molecule has 0 spiro atoms. The molecular weight excluding hydrogens is 1060 g/mol. The molecule has 0 aromatic rings. The molecule has 9 nitrogen and oxygen atoms in total. The Morgan fingerprint density at radius 3 is 1.11 bits per heavy atom. The second-order valence-electron chi connectivity index (χ2n) is 25.8. The molecule has 492 valence electrons. The lowest BCUT2D eigenvalue weighted by Gasteiger charge is -2.27. The van der Waals surface area contributed by atoms with E-state index in [1.165, 1.54) is 225 Å². The third kappa shape index (κ3) is 64.2. The SMILES string of the molecule is CCCCC/C=C\C/C=C\C/C=C\C/C=C\CCCCCCCCCCCC(=O)NC(COP(=O)(O)OCC[N+](C)(C)C)C(/C=C/CCCCCCCCCCCC)OC(=O)CCCCCCCCCCCCCCCCCCCCCCC. The van der Waals surface area contributed by atoms with Gasteiger partial charge in [0.2, 0.25) is 5.91 Å². The number of esters is 1. The number of hydrogen-bond acceptors (Lipinski definition) is 6. The maximum atomic E-state index is 13.6. The Morgan fingerprint density at radius 1 is 0.417 bits per heavy atom. The average Bonchev–Trinajstić information content (AvgIpc) is 3.64. The van der Waals surface area contributed by atoms with E-state index in [9.17, 15) is 19.0 Å². The predicted octanol–water partition coefficient (Wildman–Crippen LogP) is 23.0. The fourth-order valence-electron chi connectivity index (χ4n) is 10.6. The molecule has 1 amide bonds. The number of allylic oxidation sites excluding steroid dienone is 9. The first-order valence-electron chi connectivity index (χ1n) is 36.1. The highest BCUT2D eigenvalue weighted by Gasteiger charge is 2.30. The number of phosphoric ester groups is 1. The first-order valence-corrected chi connectivity index (χ1v) is 37.6. The van der Waals surface area contributed by atoms with Crippen LogP contribution in [0.1, 0.15) is 348 Å². The molecule has 3 atom stereocenters. The van der Waals surface area contributed by atoms with Gasteiger partial charge in [-0.25, -0.2) is 4.57 Å². The second kappa shape index (κ2) is 63.7. The number of carbonyl (C=O) groups is 2. The summed E-state index contributed by atoms with van der Waals surface area (Å²) in [6.07, 6.45) is 82.3. The largest absolute Gasteiger partial charge is 0.472 e. The quantitative estimate of drug-likeness (QED) is 0.0205. The van der Waals surface area contributed by atoms with Gasteiger partial charge < -0.3 is 19.4 Å². The molecule has 0 aliphatic rings. The number of amides is 1. The van der Waals surface area contributed by atoms with Crippen molar-refractivity contribution in [2.24, 2.45) is 0 Å². The van der Waals surface area contributed by atoms with Gasteiger partial charge in [0.05, 0.1) is 33.8 Å². The molecule has 0 aliphatic heterocycles. The number of rotatable bonds is 66. The van der Waals surface area contributed by atoms with Crippen LogP contribution in [0.3, 0.4) is 0 Å². The first-order chi connectivity index (χ1) is 40.9. The van der Waals surface area contributed by atoms with Crippen LogP contribution in [0.2, 0.25) is 0 Å². The van der Waals surface area contributed by atoms with Crippen molar-refractivity contribution < 1.29 is 37.3 Å². The highest BCUT2D eigenvalue weighted by atomic mass is 31.2. The summed E-state index contributed by atoms with van der Waals surface area (Å²) in [5.74, 6) is -0.497. The van der Waals surface area contributed by atoms with E-state index in [0.717, 1.165) is 89.9 Å². The lowest BCUT2D eigenvalue weighted by Crippen LogP contribution is -2.47. The molecule has 0 aromatic carbocycles. The molecule has 0 bridgehead atoms. The lowest BCUT2D eigenvalue weighted by molar-refractivity contribution is -0.870. The summed E-state index contributed by atoms with van der Waals surface area (Å²) >= 11 is 0. The van der Waals surface area contributed by atoms with Crippen LogP contribution in [-0.2, 0) is 27.9 Å². The Balaban J connectivity index is 5.06. The molecule has 0 saturated carbocycles. The van der Waals surface area contributed by atoms with E-state index in [4.69, 9.17) is 13.8 Å². The van der Waals surface area contributed by atoms with Crippen LogP contribution in [0, 0.1) is 0 Å². The maximum absolute atomic E-state index is 13.6. The minimum atomic E-state index is -4.46. The molecule has 0 heterocycles. The second-order valence-corrected chi connectivity index (χ2v) is 27.2. The molecule has 0 saturated heterocycles. The Hall–Kier alpha value is -2.29. The van der Waals surface area contributed by atoms with Gasteiger partial charge in [-0.05, 0) is 76.7 Å². The van der Waals surface area contributed by atoms with Crippen LogP contribution in [0.25, 0.3) is 0 Å². The summed E-state index contributed by atoms with van der Waals surface area (Å²) in [6.45, 7) is 7.03. The fraction of sp³-hybridized carbons (Fsp3) is 0.838. The molecule has 10 heteroatoms. The average molecular weight is 1200 g/mol. The zero-order valence-corrected chi connectivity index (χ0v) is 57.3. The number of ether oxygens (including phenoxy) is 1. The summed E-state index contributed by atoms with van der Waals surface area (Å²) in [6, 6.07) is -0.852. The van der Waals surface area contributed by atoms with Gasteiger partial charge in [-0.15, -0.1) is 0 Å². The number of unbranched alkanes of at least 4 members (excludes halogenated alkanes) is 42. The van der Waals surface area contributed by atoms with Gasteiger partial charge in [0.25, 0.3) is 0 Å². The van der Waals surface area contributed by atoms with Gasteiger partial charge in [0.1, 0.15) is 19.3 Å². The first kappa shape index (κ1) is 81.7. The summed E-state index contributed by atoms with van der Waals surface area (Å²) < 4.78 is 30.8. The van der Waals surface area contributed by atoms with E-state index in [0.29, 0.717) is 23.9 Å². The zero-order valence-electron chi connectivity index (χ0n) is 56.4. The van der Waals surface area contributed by atoms with Gasteiger partial charge in [-0.1, -0.05) is 319 Å². The normalized spacial score (nSPS) is 13.8. The van der Waals surface area contributed by atoms with E-state index in [2.05, 4.69) is 74.7 Å². The number of carbonyl (C=O) groups excluding carboxylic acids is 2. The van der Waals surface area contributed by atoms with Gasteiger partial charge in [0.15, 0.2) is 0 Å². The molecule has 0 aromatic heterocycles. The molecule has 0 rings (SSSR count). The highest BCUT2D eigenvalue weighted by Crippen LogP contribution is 2.43. The van der Waals surface area contributed by atoms with Crippen LogP contribution in [0.4, 0.5) is 0 Å². The lowest BCUT2D eigenvalue weighted by atomic mass is 10.0. The van der Waals surface area contributed by atoms with E-state index >= 15 is 0 Å². The molecule has 84 heavy (non-hydrogen) atoms. The zero-order chi connectivity index (χ0) is 61.4. The number of nitrogens with one attached hydrogen (secondary N) is 1. The van der Waals surface area contributed by atoms with Gasteiger partial charge in [-0.3, -0.25) is 18.6 Å². The minimum Gasteiger partial charge on any atom is -0.456 e. The molecule has 3 unspecified atom stereocenters. The fourth-order valence-corrected chi connectivity index (χ4v) is 11.4. The van der Waals surface area contributed by atoms with Crippen molar-refractivity contribution in [3.8, 4) is 0 Å². The van der Waals surface area contributed by atoms with Crippen molar-refractivity contribution in [2.45, 2.75) is 360 Å². The van der Waals surface area contributed by atoms with Crippen molar-refractivity contribution in [2.75, 3.05) is 40.9 Å². The van der Waals surface area contributed by atoms with Crippen LogP contribution in [-0.4, -0.2) is 74.3 Å². The standard InChI is InChI=1S/C74H139N2O7P/c1-7-10-13-16-19-22-25-28-30-32-34-36-37-38-39-41-42-44-46-48-51-54-57-60-63-66-73(77)75-71(70-82-84(79,80)81-69-68-76(4,5)6)72(65-62-59-56-53-50-27-24-21-18-15-12-9-3)83-74(78)67-64-61-58-55-52-49-47-45-43-40-35-33-31-29-26-23-20-17-14-11-8-2/h19,22,28,30,34,36,38-39,62,65,71-72H,7-18,20-21,23-27,29,31-33,35,37,40-61,63-64,66-70H2,1-6H3,(H-,75,77,79,80)/p+1/b22-19-,30-28-,36-34-,39-38-,65-62+. The molecule has 0 aliphatic carbocycles.